The van der Waals surface area contributed by atoms with Crippen molar-refractivity contribution in [3.05, 3.63) is 23.8 Å². The van der Waals surface area contributed by atoms with Gasteiger partial charge in [0.15, 0.2) is 11.5 Å². The van der Waals surface area contributed by atoms with Gasteiger partial charge in [-0.1, -0.05) is 0 Å². The highest BCUT2D eigenvalue weighted by atomic mass is 16.7. The number of ether oxygens (including phenoxy) is 2. The maximum absolute atomic E-state index is 12.2. The standard InChI is InChI=1S/C15H20N2O3/c1-16-11-3-5-12(6-4-11)17-15(18)10-2-7-13-14(8-10)20-9-19-13/h2,7-8,11-12,16H,3-6,9H2,1H3,(H,17,18). The second kappa shape index (κ2) is 5.71. The van der Waals surface area contributed by atoms with Gasteiger partial charge >= 0.3 is 0 Å². The molecule has 0 aromatic heterocycles. The van der Waals surface area contributed by atoms with Crippen LogP contribution in [0.4, 0.5) is 0 Å². The van der Waals surface area contributed by atoms with Crippen LogP contribution in [0, 0.1) is 0 Å². The van der Waals surface area contributed by atoms with Gasteiger partial charge in [0.25, 0.3) is 5.91 Å². The van der Waals surface area contributed by atoms with E-state index in [-0.39, 0.29) is 18.7 Å². The van der Waals surface area contributed by atoms with Crippen LogP contribution in [0.5, 0.6) is 11.5 Å². The van der Waals surface area contributed by atoms with E-state index in [4.69, 9.17) is 9.47 Å². The minimum atomic E-state index is -0.0313. The van der Waals surface area contributed by atoms with Gasteiger partial charge in [-0.25, -0.2) is 0 Å². The molecule has 0 radical (unpaired) electrons. The van der Waals surface area contributed by atoms with Crippen molar-refractivity contribution >= 4 is 5.91 Å². The van der Waals surface area contributed by atoms with E-state index in [1.54, 1.807) is 18.2 Å². The first-order valence-electron chi connectivity index (χ1n) is 7.14. The second-order valence-electron chi connectivity index (χ2n) is 5.38. The molecule has 0 saturated heterocycles. The number of fused-ring (bicyclic) bond motifs is 1. The molecule has 1 fully saturated rings. The highest BCUT2D eigenvalue weighted by Gasteiger charge is 2.22. The van der Waals surface area contributed by atoms with E-state index in [0.717, 1.165) is 25.7 Å². The summed E-state index contributed by atoms with van der Waals surface area (Å²) in [7, 11) is 2.00. The number of nitrogens with one attached hydrogen (secondary N) is 2. The Morgan fingerprint density at radius 3 is 2.55 bits per heavy atom. The van der Waals surface area contributed by atoms with Gasteiger partial charge in [0.2, 0.25) is 6.79 Å². The molecule has 5 nitrogen and oxygen atoms in total. The second-order valence-corrected chi connectivity index (χ2v) is 5.38. The summed E-state index contributed by atoms with van der Waals surface area (Å²) in [6.07, 6.45) is 4.29. The Morgan fingerprint density at radius 1 is 1.10 bits per heavy atom. The van der Waals surface area contributed by atoms with Gasteiger partial charge in [0, 0.05) is 17.6 Å². The molecule has 1 amide bonds. The summed E-state index contributed by atoms with van der Waals surface area (Å²) < 4.78 is 10.5. The van der Waals surface area contributed by atoms with Crippen LogP contribution in [-0.2, 0) is 0 Å². The lowest BCUT2D eigenvalue weighted by Gasteiger charge is -2.28. The Morgan fingerprint density at radius 2 is 1.80 bits per heavy atom. The molecule has 0 spiro atoms. The smallest absolute Gasteiger partial charge is 0.251 e. The fraction of sp³-hybridized carbons (Fsp3) is 0.533. The van der Waals surface area contributed by atoms with Gasteiger partial charge in [0.1, 0.15) is 0 Å². The van der Waals surface area contributed by atoms with Gasteiger partial charge in [0.05, 0.1) is 0 Å². The third-order valence-corrected chi connectivity index (χ3v) is 4.11. The normalized spacial score (nSPS) is 24.4. The van der Waals surface area contributed by atoms with Crippen molar-refractivity contribution in [3.8, 4) is 11.5 Å². The third kappa shape index (κ3) is 2.72. The van der Waals surface area contributed by atoms with Crippen LogP contribution in [0.25, 0.3) is 0 Å². The highest BCUT2D eigenvalue weighted by Crippen LogP contribution is 2.32. The van der Waals surface area contributed by atoms with Crippen molar-refractivity contribution < 1.29 is 14.3 Å². The minimum Gasteiger partial charge on any atom is -0.454 e. The Hall–Kier alpha value is -1.75. The predicted octanol–water partition coefficient (Wildman–Crippen LogP) is 1.68. The van der Waals surface area contributed by atoms with Gasteiger partial charge in [-0.2, -0.15) is 0 Å². The van der Waals surface area contributed by atoms with Crippen molar-refractivity contribution in [3.63, 3.8) is 0 Å². The maximum atomic E-state index is 12.2. The Bertz CT molecular complexity index is 496. The van der Waals surface area contributed by atoms with Crippen LogP contribution < -0.4 is 20.1 Å². The van der Waals surface area contributed by atoms with Crippen LogP contribution in [-0.4, -0.2) is 31.8 Å². The lowest BCUT2D eigenvalue weighted by molar-refractivity contribution is 0.0924. The van der Waals surface area contributed by atoms with Crippen LogP contribution in [0.15, 0.2) is 18.2 Å². The molecule has 5 heteroatoms. The fourth-order valence-corrected chi connectivity index (χ4v) is 2.83. The van der Waals surface area contributed by atoms with E-state index in [2.05, 4.69) is 10.6 Å². The van der Waals surface area contributed by atoms with Crippen LogP contribution in [0.1, 0.15) is 36.0 Å². The molecule has 0 bridgehead atoms. The predicted molar refractivity (Wildman–Crippen MR) is 75.1 cm³/mol. The van der Waals surface area contributed by atoms with Crippen molar-refractivity contribution in [1.29, 1.82) is 0 Å². The van der Waals surface area contributed by atoms with E-state index in [1.165, 1.54) is 0 Å². The molecular formula is C15H20N2O3. The molecule has 1 aliphatic carbocycles. The zero-order chi connectivity index (χ0) is 13.9. The van der Waals surface area contributed by atoms with Gasteiger partial charge in [-0.05, 0) is 50.9 Å². The molecule has 0 unspecified atom stereocenters. The molecule has 108 valence electrons. The van der Waals surface area contributed by atoms with E-state index in [1.807, 2.05) is 7.05 Å². The average molecular weight is 276 g/mol. The van der Waals surface area contributed by atoms with E-state index < -0.39 is 0 Å². The number of carbonyl (C=O) groups is 1. The lowest BCUT2D eigenvalue weighted by Crippen LogP contribution is -2.41. The molecule has 20 heavy (non-hydrogen) atoms. The molecule has 1 aromatic carbocycles. The van der Waals surface area contributed by atoms with Crippen molar-refractivity contribution in [2.75, 3.05) is 13.8 Å². The fourth-order valence-electron chi connectivity index (χ4n) is 2.83. The SMILES string of the molecule is CNC1CCC(NC(=O)c2ccc3c(c2)OCO3)CC1. The first kappa shape index (κ1) is 13.2. The summed E-state index contributed by atoms with van der Waals surface area (Å²) in [5, 5.41) is 6.40. The van der Waals surface area contributed by atoms with Crippen molar-refractivity contribution in [2.45, 2.75) is 37.8 Å². The Balaban J connectivity index is 1.59. The molecule has 3 rings (SSSR count). The lowest BCUT2D eigenvalue weighted by atomic mass is 9.91. The number of hydrogen-bond donors (Lipinski definition) is 2. The van der Waals surface area contributed by atoms with Gasteiger partial charge in [-0.3, -0.25) is 4.79 Å². The summed E-state index contributed by atoms with van der Waals surface area (Å²) in [6.45, 7) is 0.231. The minimum absolute atomic E-state index is 0.0313. The molecule has 0 atom stereocenters. The first-order valence-corrected chi connectivity index (χ1v) is 7.14. The topological polar surface area (TPSA) is 59.6 Å². The van der Waals surface area contributed by atoms with E-state index in [9.17, 15) is 4.79 Å². The Labute approximate surface area is 118 Å². The summed E-state index contributed by atoms with van der Waals surface area (Å²) in [5.74, 6) is 1.32. The van der Waals surface area contributed by atoms with Gasteiger partial charge < -0.3 is 20.1 Å². The summed E-state index contributed by atoms with van der Waals surface area (Å²) in [5.41, 5.74) is 0.630. The van der Waals surface area contributed by atoms with E-state index >= 15 is 0 Å². The van der Waals surface area contributed by atoms with Crippen LogP contribution in [0.3, 0.4) is 0 Å². The van der Waals surface area contributed by atoms with E-state index in [0.29, 0.717) is 23.1 Å². The van der Waals surface area contributed by atoms with Crippen LogP contribution >= 0.6 is 0 Å². The molecule has 1 aliphatic heterocycles. The number of carbonyl (C=O) groups excluding carboxylic acids is 1. The monoisotopic (exact) mass is 276 g/mol. The largest absolute Gasteiger partial charge is 0.454 e. The van der Waals surface area contributed by atoms with Crippen molar-refractivity contribution in [2.24, 2.45) is 0 Å². The summed E-state index contributed by atoms with van der Waals surface area (Å²) in [4.78, 5) is 12.2. The molecule has 1 saturated carbocycles. The number of hydrogen-bond acceptors (Lipinski definition) is 4. The van der Waals surface area contributed by atoms with Crippen molar-refractivity contribution in [1.82, 2.24) is 10.6 Å². The number of benzene rings is 1. The molecule has 2 aliphatic rings. The Kier molecular flexibility index (Phi) is 3.78. The molecular weight excluding hydrogens is 256 g/mol. The zero-order valence-electron chi connectivity index (χ0n) is 11.6. The summed E-state index contributed by atoms with van der Waals surface area (Å²) >= 11 is 0. The number of amides is 1. The third-order valence-electron chi connectivity index (χ3n) is 4.11. The summed E-state index contributed by atoms with van der Waals surface area (Å²) in [6, 6.07) is 6.18. The number of rotatable bonds is 3. The highest BCUT2D eigenvalue weighted by molar-refractivity contribution is 5.95. The quantitative estimate of drug-likeness (QED) is 0.882. The first-order chi connectivity index (χ1) is 9.76. The molecule has 2 N–H and O–H groups in total. The maximum Gasteiger partial charge on any atom is 0.251 e. The molecule has 1 heterocycles. The molecule has 1 aromatic rings. The van der Waals surface area contributed by atoms with Gasteiger partial charge in [-0.15, -0.1) is 0 Å². The van der Waals surface area contributed by atoms with Crippen LogP contribution in [0.2, 0.25) is 0 Å². The zero-order valence-corrected chi connectivity index (χ0v) is 11.6. The average Bonchev–Trinajstić information content (AvgIpc) is 2.95.